The van der Waals surface area contributed by atoms with E-state index in [1.807, 2.05) is 12.1 Å². The monoisotopic (exact) mass is 322 g/mol. The number of hydrogen-bond donors (Lipinski definition) is 0. The molecule has 5 rings (SSSR count). The Kier molecular flexibility index (Phi) is 3.14. The van der Waals surface area contributed by atoms with Crippen LogP contribution in [-0.4, -0.2) is 0 Å². The van der Waals surface area contributed by atoms with E-state index in [9.17, 15) is 0 Å². The predicted molar refractivity (Wildman–Crippen MR) is 100 cm³/mol. The van der Waals surface area contributed by atoms with Gasteiger partial charge in [0.15, 0.2) is 0 Å². The Morgan fingerprint density at radius 1 is 0.560 bits per heavy atom. The Bertz CT molecular complexity index is 1170. The lowest BCUT2D eigenvalue weighted by Gasteiger charge is -2.01. The molecule has 0 aliphatic heterocycles. The fourth-order valence-corrected chi connectivity index (χ4v) is 3.27. The van der Waals surface area contributed by atoms with Crippen LogP contribution in [0, 0.1) is 0 Å². The van der Waals surface area contributed by atoms with Gasteiger partial charge in [-0.05, 0) is 23.3 Å². The highest BCUT2D eigenvalue weighted by Crippen LogP contribution is 2.26. The molecule has 0 aliphatic rings. The molecular formula is C23H16NO+. The van der Waals surface area contributed by atoms with E-state index in [1.165, 1.54) is 16.5 Å². The van der Waals surface area contributed by atoms with Gasteiger partial charge in [-0.3, -0.25) is 0 Å². The molecule has 0 saturated heterocycles. The molecule has 0 fully saturated rings. The van der Waals surface area contributed by atoms with Crippen LogP contribution >= 0.6 is 0 Å². The van der Waals surface area contributed by atoms with E-state index in [1.54, 1.807) is 0 Å². The number of para-hydroxylation sites is 1. The van der Waals surface area contributed by atoms with Crippen molar-refractivity contribution in [2.45, 2.75) is 0 Å². The van der Waals surface area contributed by atoms with Crippen LogP contribution in [0.25, 0.3) is 39.1 Å². The molecule has 0 unspecified atom stereocenters. The van der Waals surface area contributed by atoms with Crippen molar-refractivity contribution < 1.29 is 8.82 Å². The highest BCUT2D eigenvalue weighted by atomic mass is 16.3. The fraction of sp³-hybridized carbons (Fsp3) is 0. The fourth-order valence-electron chi connectivity index (χ4n) is 3.27. The molecule has 0 atom stereocenters. The van der Waals surface area contributed by atoms with Gasteiger partial charge in [-0.15, -0.1) is 4.40 Å². The van der Waals surface area contributed by atoms with Crippen molar-refractivity contribution in [3.8, 4) is 22.5 Å². The molecule has 2 nitrogen and oxygen atoms in total. The van der Waals surface area contributed by atoms with Gasteiger partial charge in [0.1, 0.15) is 0 Å². The first-order valence-electron chi connectivity index (χ1n) is 8.37. The van der Waals surface area contributed by atoms with Gasteiger partial charge in [0.25, 0.3) is 0 Å². The van der Waals surface area contributed by atoms with E-state index in [0.29, 0.717) is 0 Å². The van der Waals surface area contributed by atoms with Crippen LogP contribution in [0.15, 0.2) is 102 Å². The first kappa shape index (κ1) is 14.0. The Morgan fingerprint density at radius 3 is 2.08 bits per heavy atom. The minimum Gasteiger partial charge on any atom is -0.398 e. The second-order valence-electron chi connectivity index (χ2n) is 6.14. The van der Waals surface area contributed by atoms with E-state index in [2.05, 4.69) is 89.5 Å². The molecule has 25 heavy (non-hydrogen) atoms. The number of pyridine rings is 1. The first-order valence-corrected chi connectivity index (χ1v) is 8.37. The molecule has 0 spiro atoms. The number of benzene rings is 3. The van der Waals surface area contributed by atoms with Crippen LogP contribution in [0.3, 0.4) is 0 Å². The van der Waals surface area contributed by atoms with Gasteiger partial charge in [0.05, 0.1) is 6.07 Å². The number of nitrogens with zero attached hydrogens (tertiary/aromatic N) is 1. The topological polar surface area (TPSA) is 17.2 Å². The van der Waals surface area contributed by atoms with Gasteiger partial charge in [-0.25, -0.2) is 0 Å². The minimum atomic E-state index is 0.848. The van der Waals surface area contributed by atoms with Crippen LogP contribution < -0.4 is 4.40 Å². The summed E-state index contributed by atoms with van der Waals surface area (Å²) in [6.45, 7) is 0. The average Bonchev–Trinajstić information content (AvgIpc) is 3.14. The lowest BCUT2D eigenvalue weighted by atomic mass is 10.0. The third-order valence-corrected chi connectivity index (χ3v) is 4.58. The summed E-state index contributed by atoms with van der Waals surface area (Å²) >= 11 is 0. The molecule has 2 heterocycles. The normalized spacial score (nSPS) is 11.2. The molecule has 2 heteroatoms. The Labute approximate surface area is 145 Å². The summed E-state index contributed by atoms with van der Waals surface area (Å²) in [5.74, 6) is 0.871. The zero-order valence-electron chi connectivity index (χ0n) is 13.6. The molecule has 5 aromatic rings. The van der Waals surface area contributed by atoms with Crippen molar-refractivity contribution >= 4 is 16.6 Å². The van der Waals surface area contributed by atoms with Gasteiger partial charge in [0, 0.05) is 17.0 Å². The molecule has 0 radical (unpaired) electrons. The molecule has 2 aromatic heterocycles. The van der Waals surface area contributed by atoms with Crippen molar-refractivity contribution in [1.82, 2.24) is 0 Å². The van der Waals surface area contributed by atoms with Crippen molar-refractivity contribution in [2.24, 2.45) is 0 Å². The van der Waals surface area contributed by atoms with Crippen molar-refractivity contribution in [3.05, 3.63) is 97.2 Å². The summed E-state index contributed by atoms with van der Waals surface area (Å²) < 4.78 is 8.18. The van der Waals surface area contributed by atoms with E-state index >= 15 is 0 Å². The zero-order valence-corrected chi connectivity index (χ0v) is 13.6. The standard InChI is InChI=1S/C23H16NO/c1-2-6-17(7-3-1)18-10-12-20(13-11-18)22-16-24-21-9-5-4-8-19(21)14-15-23(24)25-22/h1-16H/q+1. The predicted octanol–water partition coefficient (Wildman–Crippen LogP) is 5.51. The number of oxazole rings is 1. The van der Waals surface area contributed by atoms with E-state index in [-0.39, 0.29) is 0 Å². The first-order chi connectivity index (χ1) is 12.4. The Hall–Kier alpha value is -3.39. The second-order valence-corrected chi connectivity index (χ2v) is 6.14. The van der Waals surface area contributed by atoms with Gasteiger partial charge in [0.2, 0.25) is 17.5 Å². The van der Waals surface area contributed by atoms with E-state index in [4.69, 9.17) is 4.42 Å². The maximum Gasteiger partial charge on any atom is 0.379 e. The largest absolute Gasteiger partial charge is 0.398 e. The van der Waals surface area contributed by atoms with Gasteiger partial charge in [-0.2, -0.15) is 0 Å². The molecule has 0 bridgehead atoms. The van der Waals surface area contributed by atoms with Crippen LogP contribution in [0.1, 0.15) is 0 Å². The highest BCUT2D eigenvalue weighted by molar-refractivity contribution is 5.77. The summed E-state index contributed by atoms with van der Waals surface area (Å²) in [6, 6.07) is 31.4. The third-order valence-electron chi connectivity index (χ3n) is 4.58. The van der Waals surface area contributed by atoms with Crippen molar-refractivity contribution in [2.75, 3.05) is 0 Å². The van der Waals surface area contributed by atoms with Gasteiger partial charge < -0.3 is 4.42 Å². The maximum absolute atomic E-state index is 6.07. The third kappa shape index (κ3) is 2.39. The summed E-state index contributed by atoms with van der Waals surface area (Å²) in [5, 5.41) is 1.20. The van der Waals surface area contributed by atoms with Crippen molar-refractivity contribution in [1.29, 1.82) is 0 Å². The van der Waals surface area contributed by atoms with Gasteiger partial charge in [-0.1, -0.05) is 66.7 Å². The number of rotatable bonds is 2. The molecule has 0 amide bonds. The number of hydrogen-bond acceptors (Lipinski definition) is 1. The molecule has 118 valence electrons. The van der Waals surface area contributed by atoms with Crippen LogP contribution in [0.4, 0.5) is 0 Å². The minimum absolute atomic E-state index is 0.848. The summed E-state index contributed by atoms with van der Waals surface area (Å²) in [6.07, 6.45) is 2.06. The molecule has 0 aliphatic carbocycles. The second kappa shape index (κ2) is 5.60. The lowest BCUT2D eigenvalue weighted by Crippen LogP contribution is -2.18. The van der Waals surface area contributed by atoms with Crippen LogP contribution in [0.5, 0.6) is 0 Å². The average molecular weight is 322 g/mol. The number of fused-ring (bicyclic) bond motifs is 3. The van der Waals surface area contributed by atoms with E-state index in [0.717, 1.165) is 22.6 Å². The Morgan fingerprint density at radius 2 is 1.24 bits per heavy atom. The molecule has 3 aromatic carbocycles. The lowest BCUT2D eigenvalue weighted by molar-refractivity contribution is -0.483. The zero-order chi connectivity index (χ0) is 16.6. The Balaban J connectivity index is 1.60. The van der Waals surface area contributed by atoms with Crippen LogP contribution in [-0.2, 0) is 0 Å². The van der Waals surface area contributed by atoms with Gasteiger partial charge >= 0.3 is 5.71 Å². The summed E-state index contributed by atoms with van der Waals surface area (Å²) in [5.41, 5.74) is 5.50. The number of aromatic nitrogens is 1. The molecule has 0 saturated carbocycles. The SMILES string of the molecule is c1ccc(-c2ccc(-c3c[n+]4c(ccc5ccccc54)o3)cc2)cc1. The summed E-state index contributed by atoms with van der Waals surface area (Å²) in [7, 11) is 0. The van der Waals surface area contributed by atoms with Crippen LogP contribution in [0.2, 0.25) is 0 Å². The van der Waals surface area contributed by atoms with E-state index < -0.39 is 0 Å². The molecular weight excluding hydrogens is 306 g/mol. The quantitative estimate of drug-likeness (QED) is 0.392. The smallest absolute Gasteiger partial charge is 0.379 e. The molecule has 0 N–H and O–H groups in total. The maximum atomic E-state index is 6.07. The van der Waals surface area contributed by atoms with Crippen molar-refractivity contribution in [3.63, 3.8) is 0 Å². The summed E-state index contributed by atoms with van der Waals surface area (Å²) in [4.78, 5) is 0. The highest BCUT2D eigenvalue weighted by Gasteiger charge is 2.16.